The van der Waals surface area contributed by atoms with Crippen LogP contribution in [0.25, 0.3) is 11.3 Å². The molecule has 2 aromatic heterocycles. The molecule has 0 atom stereocenters. The van der Waals surface area contributed by atoms with Crippen LogP contribution in [0.3, 0.4) is 0 Å². The second-order valence-electron chi connectivity index (χ2n) is 6.93. The van der Waals surface area contributed by atoms with E-state index < -0.39 is 15.6 Å². The van der Waals surface area contributed by atoms with Crippen LogP contribution in [-0.4, -0.2) is 34.9 Å². The number of halogens is 1. The minimum atomic E-state index is -3.52. The highest BCUT2D eigenvalue weighted by atomic mass is 35.5. The lowest BCUT2D eigenvalue weighted by Crippen LogP contribution is -2.11. The molecule has 0 radical (unpaired) electrons. The first kappa shape index (κ1) is 19.5. The highest BCUT2D eigenvalue weighted by Gasteiger charge is 2.30. The molecule has 148 valence electrons. The molecule has 0 unspecified atom stereocenters. The Kier molecular flexibility index (Phi) is 5.06. The normalized spacial score (nSPS) is 14.0. The van der Waals surface area contributed by atoms with Gasteiger partial charge in [-0.3, -0.25) is 9.78 Å². The zero-order valence-corrected chi connectivity index (χ0v) is 16.8. The van der Waals surface area contributed by atoms with Gasteiger partial charge in [0.1, 0.15) is 0 Å². The summed E-state index contributed by atoms with van der Waals surface area (Å²) in [6.07, 6.45) is 6.20. The number of nitrogens with two attached hydrogens (primary N) is 1. The quantitative estimate of drug-likeness (QED) is 0.599. The second-order valence-corrected chi connectivity index (χ2v) is 9.34. The van der Waals surface area contributed by atoms with E-state index in [-0.39, 0.29) is 33.1 Å². The summed E-state index contributed by atoms with van der Waals surface area (Å²) in [6.45, 7) is 0. The van der Waals surface area contributed by atoms with Crippen molar-refractivity contribution in [3.8, 4) is 11.3 Å². The van der Waals surface area contributed by atoms with Crippen molar-refractivity contribution in [3.05, 3.63) is 65.2 Å². The number of benzene rings is 1. The molecule has 1 aliphatic carbocycles. The highest BCUT2D eigenvalue weighted by Crippen LogP contribution is 2.35. The first-order chi connectivity index (χ1) is 13.8. The summed E-state index contributed by atoms with van der Waals surface area (Å²) in [5, 5.41) is 0.157. The molecule has 0 aliphatic heterocycles. The summed E-state index contributed by atoms with van der Waals surface area (Å²) in [7, 11) is -3.52. The maximum atomic E-state index is 12.7. The van der Waals surface area contributed by atoms with Gasteiger partial charge in [-0.05, 0) is 43.0 Å². The molecule has 0 bridgehead atoms. The van der Waals surface area contributed by atoms with Gasteiger partial charge in [0.05, 0.1) is 27.6 Å². The number of anilines is 1. The molecule has 2 heterocycles. The van der Waals surface area contributed by atoms with Gasteiger partial charge in [0.2, 0.25) is 5.78 Å². The third kappa shape index (κ3) is 4.13. The van der Waals surface area contributed by atoms with Crippen LogP contribution in [-0.2, 0) is 9.84 Å². The number of nitrogen functional groups attached to an aromatic ring is 1. The van der Waals surface area contributed by atoms with Gasteiger partial charge < -0.3 is 5.73 Å². The minimum Gasteiger partial charge on any atom is -0.382 e. The molecule has 29 heavy (non-hydrogen) atoms. The van der Waals surface area contributed by atoms with Gasteiger partial charge in [0, 0.05) is 23.5 Å². The van der Waals surface area contributed by atoms with Gasteiger partial charge in [-0.15, -0.1) is 0 Å². The summed E-state index contributed by atoms with van der Waals surface area (Å²) < 4.78 is 25.4. The predicted octanol–water partition coefficient (Wildman–Crippen LogP) is 3.19. The third-order valence-electron chi connectivity index (χ3n) is 4.65. The Morgan fingerprint density at radius 1 is 1.21 bits per heavy atom. The van der Waals surface area contributed by atoms with Crippen LogP contribution < -0.4 is 5.73 Å². The van der Waals surface area contributed by atoms with E-state index in [9.17, 15) is 13.2 Å². The SMILES string of the molecule is Nc1ncc(-c2ccc(Cl)c(S(=O)(=O)CC3CC3)c2)nc1C(=O)c1cccnc1. The first-order valence-corrected chi connectivity index (χ1v) is 11.0. The molecular formula is C20H17ClN4O3S. The molecule has 0 spiro atoms. The number of hydrogen-bond acceptors (Lipinski definition) is 7. The van der Waals surface area contributed by atoms with Crippen molar-refractivity contribution >= 4 is 33.0 Å². The molecule has 4 rings (SSSR count). The minimum absolute atomic E-state index is 0.0156. The van der Waals surface area contributed by atoms with E-state index in [1.54, 1.807) is 24.4 Å². The van der Waals surface area contributed by atoms with Crippen LogP contribution in [0.2, 0.25) is 5.02 Å². The fourth-order valence-corrected chi connectivity index (χ4v) is 5.20. The van der Waals surface area contributed by atoms with Gasteiger partial charge in [0.15, 0.2) is 21.3 Å². The number of carbonyl (C=O) groups is 1. The molecule has 7 nitrogen and oxygen atoms in total. The third-order valence-corrected chi connectivity index (χ3v) is 7.01. The number of pyridine rings is 1. The summed E-state index contributed by atoms with van der Waals surface area (Å²) in [4.78, 5) is 25.1. The smallest absolute Gasteiger partial charge is 0.216 e. The van der Waals surface area contributed by atoms with E-state index in [1.807, 2.05) is 0 Å². The molecule has 0 amide bonds. The number of rotatable bonds is 6. The van der Waals surface area contributed by atoms with Crippen LogP contribution in [0.15, 0.2) is 53.8 Å². The van der Waals surface area contributed by atoms with Crippen LogP contribution >= 0.6 is 11.6 Å². The summed E-state index contributed by atoms with van der Waals surface area (Å²) in [5.41, 5.74) is 6.97. The van der Waals surface area contributed by atoms with Gasteiger partial charge >= 0.3 is 0 Å². The standard InChI is InChI=1S/C20H17ClN4O3S/c21-15-6-5-13(8-17(15)29(27,28)11-12-3-4-12)16-10-24-20(22)18(25-16)19(26)14-2-1-7-23-9-14/h1-2,5-10,12H,3-4,11H2,(H2,22,24). The average molecular weight is 429 g/mol. The maximum Gasteiger partial charge on any atom is 0.216 e. The van der Waals surface area contributed by atoms with Crippen molar-refractivity contribution in [3.63, 3.8) is 0 Å². The Morgan fingerprint density at radius 3 is 2.69 bits per heavy atom. The Labute approximate surface area is 172 Å². The molecule has 9 heteroatoms. The lowest BCUT2D eigenvalue weighted by atomic mass is 10.1. The van der Waals surface area contributed by atoms with Crippen molar-refractivity contribution in [1.82, 2.24) is 15.0 Å². The van der Waals surface area contributed by atoms with E-state index in [4.69, 9.17) is 17.3 Å². The zero-order chi connectivity index (χ0) is 20.6. The summed E-state index contributed by atoms with van der Waals surface area (Å²) in [6, 6.07) is 7.86. The lowest BCUT2D eigenvalue weighted by Gasteiger charge is -2.10. The first-order valence-electron chi connectivity index (χ1n) is 8.95. The van der Waals surface area contributed by atoms with Crippen molar-refractivity contribution in [2.45, 2.75) is 17.7 Å². The fourth-order valence-electron chi connectivity index (χ4n) is 2.92. The Bertz CT molecular complexity index is 1200. The molecule has 1 aromatic carbocycles. The van der Waals surface area contributed by atoms with E-state index in [0.29, 0.717) is 16.8 Å². The number of nitrogens with zero attached hydrogens (tertiary/aromatic N) is 3. The zero-order valence-electron chi connectivity index (χ0n) is 15.2. The molecular weight excluding hydrogens is 412 g/mol. The molecule has 1 saturated carbocycles. The monoisotopic (exact) mass is 428 g/mol. The van der Waals surface area contributed by atoms with E-state index in [0.717, 1.165) is 12.8 Å². The second kappa shape index (κ2) is 7.53. The number of aromatic nitrogens is 3. The Balaban J connectivity index is 1.74. The maximum absolute atomic E-state index is 12.7. The Hall–Kier alpha value is -2.84. The van der Waals surface area contributed by atoms with Crippen LogP contribution in [0.1, 0.15) is 28.9 Å². The fraction of sp³-hybridized carbons (Fsp3) is 0.200. The predicted molar refractivity (Wildman–Crippen MR) is 109 cm³/mol. The van der Waals surface area contributed by atoms with Gasteiger partial charge in [0.25, 0.3) is 0 Å². The van der Waals surface area contributed by atoms with Crippen molar-refractivity contribution in [2.24, 2.45) is 5.92 Å². The molecule has 0 saturated heterocycles. The number of hydrogen-bond donors (Lipinski definition) is 1. The average Bonchev–Trinajstić information content (AvgIpc) is 3.52. The van der Waals surface area contributed by atoms with Gasteiger partial charge in [-0.25, -0.2) is 18.4 Å². The molecule has 1 aliphatic rings. The van der Waals surface area contributed by atoms with Crippen molar-refractivity contribution in [1.29, 1.82) is 0 Å². The summed E-state index contributed by atoms with van der Waals surface area (Å²) >= 11 is 6.16. The van der Waals surface area contributed by atoms with Crippen LogP contribution in [0.5, 0.6) is 0 Å². The van der Waals surface area contributed by atoms with Gasteiger partial charge in [-0.2, -0.15) is 0 Å². The van der Waals surface area contributed by atoms with E-state index in [2.05, 4.69) is 15.0 Å². The Morgan fingerprint density at radius 2 is 2.00 bits per heavy atom. The number of ketones is 1. The van der Waals surface area contributed by atoms with Crippen molar-refractivity contribution in [2.75, 3.05) is 11.5 Å². The highest BCUT2D eigenvalue weighted by molar-refractivity contribution is 7.91. The molecule has 1 fully saturated rings. The molecule has 2 N–H and O–H groups in total. The number of sulfone groups is 1. The summed E-state index contributed by atoms with van der Waals surface area (Å²) in [5.74, 6) is -0.160. The van der Waals surface area contributed by atoms with E-state index >= 15 is 0 Å². The van der Waals surface area contributed by atoms with Crippen molar-refractivity contribution < 1.29 is 13.2 Å². The van der Waals surface area contributed by atoms with E-state index in [1.165, 1.54) is 24.5 Å². The van der Waals surface area contributed by atoms with Gasteiger partial charge in [-0.1, -0.05) is 17.7 Å². The topological polar surface area (TPSA) is 116 Å². The van der Waals surface area contributed by atoms with Crippen LogP contribution in [0, 0.1) is 5.92 Å². The molecule has 3 aromatic rings. The largest absolute Gasteiger partial charge is 0.382 e. The number of carbonyl (C=O) groups excluding carboxylic acids is 1. The lowest BCUT2D eigenvalue weighted by molar-refractivity contribution is 0.103. The van der Waals surface area contributed by atoms with Crippen LogP contribution in [0.4, 0.5) is 5.82 Å².